The molecule has 0 saturated heterocycles. The summed E-state index contributed by atoms with van der Waals surface area (Å²) in [5, 5.41) is 5.32. The fourth-order valence-electron chi connectivity index (χ4n) is 2.59. The fraction of sp³-hybridized carbons (Fsp3) is 0.250. The van der Waals surface area contributed by atoms with E-state index in [1.165, 1.54) is 13.8 Å². The Hall–Kier alpha value is -3.55. The first-order valence-corrected chi connectivity index (χ1v) is 8.67. The van der Waals surface area contributed by atoms with Crippen molar-refractivity contribution in [1.82, 2.24) is 0 Å². The maximum Gasteiger partial charge on any atom is 0.311 e. The van der Waals surface area contributed by atoms with Crippen molar-refractivity contribution in [3.63, 3.8) is 0 Å². The van der Waals surface area contributed by atoms with Crippen LogP contribution in [0.25, 0.3) is 0 Å². The highest BCUT2D eigenvalue weighted by Gasteiger charge is 2.20. The molecule has 0 aromatic heterocycles. The van der Waals surface area contributed by atoms with Gasteiger partial charge >= 0.3 is 5.97 Å². The van der Waals surface area contributed by atoms with E-state index < -0.39 is 18.0 Å². The van der Waals surface area contributed by atoms with Gasteiger partial charge in [0, 0.05) is 24.4 Å². The first-order chi connectivity index (χ1) is 13.4. The second-order valence-corrected chi connectivity index (χ2v) is 6.24. The normalized spacial score (nSPS) is 12.8. The van der Waals surface area contributed by atoms with Gasteiger partial charge in [-0.1, -0.05) is 12.1 Å². The highest BCUT2D eigenvalue weighted by Crippen LogP contribution is 2.34. The van der Waals surface area contributed by atoms with Crippen LogP contribution in [0, 0.1) is 0 Å². The number of nitrogens with one attached hydrogen (secondary N) is 2. The van der Waals surface area contributed by atoms with E-state index in [-0.39, 0.29) is 19.1 Å². The van der Waals surface area contributed by atoms with E-state index >= 15 is 0 Å². The largest absolute Gasteiger partial charge is 0.454 e. The number of fused-ring (bicyclic) bond motifs is 1. The first-order valence-electron chi connectivity index (χ1n) is 8.67. The molecule has 0 fully saturated rings. The molecular weight excluding hydrogens is 364 g/mol. The molecule has 146 valence electrons. The Morgan fingerprint density at radius 2 is 1.68 bits per heavy atom. The minimum absolute atomic E-state index is 0.0159. The Morgan fingerprint density at radius 1 is 1.00 bits per heavy atom. The average Bonchev–Trinajstić information content (AvgIpc) is 3.10. The van der Waals surface area contributed by atoms with Gasteiger partial charge in [-0.05, 0) is 36.8 Å². The smallest absolute Gasteiger partial charge is 0.311 e. The molecule has 0 bridgehead atoms. The molecule has 0 aliphatic carbocycles. The van der Waals surface area contributed by atoms with E-state index in [0.717, 1.165) is 0 Å². The van der Waals surface area contributed by atoms with Gasteiger partial charge in [0.2, 0.25) is 12.7 Å². The van der Waals surface area contributed by atoms with E-state index in [9.17, 15) is 14.4 Å². The highest BCUT2D eigenvalue weighted by molar-refractivity contribution is 5.95. The molecule has 1 aliphatic heterocycles. The molecule has 0 spiro atoms. The van der Waals surface area contributed by atoms with Crippen molar-refractivity contribution in [3.8, 4) is 11.5 Å². The zero-order chi connectivity index (χ0) is 20.1. The number of carbonyl (C=O) groups excluding carboxylic acids is 3. The van der Waals surface area contributed by atoms with E-state index in [4.69, 9.17) is 14.2 Å². The minimum atomic E-state index is -0.962. The zero-order valence-corrected chi connectivity index (χ0v) is 15.5. The number of amides is 2. The van der Waals surface area contributed by atoms with Crippen molar-refractivity contribution in [3.05, 3.63) is 48.0 Å². The molecule has 0 saturated carbocycles. The summed E-state index contributed by atoms with van der Waals surface area (Å²) < 4.78 is 15.7. The van der Waals surface area contributed by atoms with Crippen molar-refractivity contribution in [1.29, 1.82) is 0 Å². The van der Waals surface area contributed by atoms with Gasteiger partial charge in [-0.3, -0.25) is 14.4 Å². The van der Waals surface area contributed by atoms with E-state index in [0.29, 0.717) is 28.4 Å². The zero-order valence-electron chi connectivity index (χ0n) is 15.5. The summed E-state index contributed by atoms with van der Waals surface area (Å²) in [6.07, 6.45) is -0.946. The van der Waals surface area contributed by atoms with E-state index in [1.54, 1.807) is 42.5 Å². The lowest BCUT2D eigenvalue weighted by Crippen LogP contribution is -2.30. The van der Waals surface area contributed by atoms with Gasteiger partial charge in [0.05, 0.1) is 6.42 Å². The second kappa shape index (κ2) is 8.43. The van der Waals surface area contributed by atoms with Crippen LogP contribution in [0.2, 0.25) is 0 Å². The standard InChI is InChI=1S/C20H20N2O6/c1-12(20(25)22-16-7-8-17-18(10-16)27-11-26-17)28-19(24)9-14-3-5-15(6-4-14)21-13(2)23/h3-8,10,12H,9,11H2,1-2H3,(H,21,23)(H,22,25)/t12-/m1/s1. The van der Waals surface area contributed by atoms with Crippen molar-refractivity contribution in [2.24, 2.45) is 0 Å². The summed E-state index contributed by atoms with van der Waals surface area (Å²) >= 11 is 0. The highest BCUT2D eigenvalue weighted by atomic mass is 16.7. The van der Waals surface area contributed by atoms with Crippen molar-refractivity contribution in [2.75, 3.05) is 17.4 Å². The van der Waals surface area contributed by atoms with Crippen LogP contribution in [0.1, 0.15) is 19.4 Å². The van der Waals surface area contributed by atoms with E-state index in [2.05, 4.69) is 10.6 Å². The van der Waals surface area contributed by atoms with Crippen molar-refractivity contribution >= 4 is 29.2 Å². The molecule has 28 heavy (non-hydrogen) atoms. The molecule has 2 aromatic rings. The molecule has 1 aliphatic rings. The Bertz CT molecular complexity index is 894. The quantitative estimate of drug-likeness (QED) is 0.742. The number of rotatable bonds is 6. The maximum absolute atomic E-state index is 12.2. The SMILES string of the molecule is CC(=O)Nc1ccc(CC(=O)O[C@H](C)C(=O)Nc2ccc3c(c2)OCO3)cc1. The summed E-state index contributed by atoms with van der Waals surface area (Å²) in [5.74, 6) is 0.00967. The minimum Gasteiger partial charge on any atom is -0.454 e. The lowest BCUT2D eigenvalue weighted by atomic mass is 10.1. The summed E-state index contributed by atoms with van der Waals surface area (Å²) in [4.78, 5) is 35.3. The molecular formula is C20H20N2O6. The third kappa shape index (κ3) is 5.00. The van der Waals surface area contributed by atoms with Crippen LogP contribution >= 0.6 is 0 Å². The number of benzene rings is 2. The van der Waals surface area contributed by atoms with E-state index in [1.807, 2.05) is 0 Å². The molecule has 0 unspecified atom stereocenters. The predicted molar refractivity (Wildman–Crippen MR) is 101 cm³/mol. The van der Waals surface area contributed by atoms with Crippen LogP contribution in [-0.2, 0) is 25.5 Å². The molecule has 1 heterocycles. The summed E-state index contributed by atoms with van der Waals surface area (Å²) in [6, 6.07) is 11.8. The fourth-order valence-corrected chi connectivity index (χ4v) is 2.59. The van der Waals surface area contributed by atoms with Crippen LogP contribution in [0.3, 0.4) is 0 Å². The first kappa shape index (κ1) is 19.2. The number of ether oxygens (including phenoxy) is 3. The molecule has 8 nitrogen and oxygen atoms in total. The molecule has 2 N–H and O–H groups in total. The Morgan fingerprint density at radius 3 is 2.39 bits per heavy atom. The van der Waals surface area contributed by atoms with Crippen LogP contribution in [0.4, 0.5) is 11.4 Å². The summed E-state index contributed by atoms with van der Waals surface area (Å²) in [6.45, 7) is 3.06. The van der Waals surface area contributed by atoms with Gasteiger partial charge in [0.15, 0.2) is 17.6 Å². The third-order valence-electron chi connectivity index (χ3n) is 3.94. The van der Waals surface area contributed by atoms with Crippen LogP contribution < -0.4 is 20.1 Å². The van der Waals surface area contributed by atoms with Gasteiger partial charge < -0.3 is 24.8 Å². The molecule has 0 radical (unpaired) electrons. The summed E-state index contributed by atoms with van der Waals surface area (Å²) in [5.41, 5.74) is 1.87. The lowest BCUT2D eigenvalue weighted by molar-refractivity contribution is -0.152. The average molecular weight is 384 g/mol. The topological polar surface area (TPSA) is 103 Å². The Balaban J connectivity index is 1.50. The number of hydrogen-bond donors (Lipinski definition) is 2. The monoisotopic (exact) mass is 384 g/mol. The maximum atomic E-state index is 12.2. The lowest BCUT2D eigenvalue weighted by Gasteiger charge is -2.14. The molecule has 3 rings (SSSR count). The van der Waals surface area contributed by atoms with Gasteiger partial charge in [0.25, 0.3) is 5.91 Å². The molecule has 2 aromatic carbocycles. The van der Waals surface area contributed by atoms with Gasteiger partial charge in [-0.25, -0.2) is 0 Å². The van der Waals surface area contributed by atoms with Gasteiger partial charge in [-0.15, -0.1) is 0 Å². The number of anilines is 2. The Labute approximate surface area is 161 Å². The molecule has 8 heteroatoms. The van der Waals surface area contributed by atoms with Crippen LogP contribution in [0.5, 0.6) is 11.5 Å². The van der Waals surface area contributed by atoms with Gasteiger partial charge in [0.1, 0.15) is 0 Å². The predicted octanol–water partition coefficient (Wildman–Crippen LogP) is 2.49. The van der Waals surface area contributed by atoms with Crippen LogP contribution in [-0.4, -0.2) is 30.7 Å². The summed E-state index contributed by atoms with van der Waals surface area (Å²) in [7, 11) is 0. The third-order valence-corrected chi connectivity index (χ3v) is 3.94. The van der Waals surface area contributed by atoms with Gasteiger partial charge in [-0.2, -0.15) is 0 Å². The number of hydrogen-bond acceptors (Lipinski definition) is 6. The van der Waals surface area contributed by atoms with Crippen LogP contribution in [0.15, 0.2) is 42.5 Å². The number of esters is 1. The number of carbonyl (C=O) groups is 3. The molecule has 1 atom stereocenters. The molecule has 2 amide bonds. The van der Waals surface area contributed by atoms with Crippen molar-refractivity contribution in [2.45, 2.75) is 26.4 Å². The Kier molecular flexibility index (Phi) is 5.78. The second-order valence-electron chi connectivity index (χ2n) is 6.24. The van der Waals surface area contributed by atoms with Crippen molar-refractivity contribution < 1.29 is 28.6 Å².